The summed E-state index contributed by atoms with van der Waals surface area (Å²) in [5, 5.41) is 0.404. The summed E-state index contributed by atoms with van der Waals surface area (Å²) in [7, 11) is 3.40. The lowest BCUT2D eigenvalue weighted by Gasteiger charge is -2.35. The number of ether oxygens (including phenoxy) is 1. The van der Waals surface area contributed by atoms with E-state index in [1.807, 2.05) is 42.6 Å². The van der Waals surface area contributed by atoms with Gasteiger partial charge < -0.3 is 19.4 Å². The summed E-state index contributed by atoms with van der Waals surface area (Å²) >= 11 is 6.44. The molecule has 0 aliphatic carbocycles. The molecule has 0 saturated carbocycles. The molecule has 2 aliphatic rings. The highest BCUT2D eigenvalue weighted by molar-refractivity contribution is 6.34. The monoisotopic (exact) mass is 517 g/mol. The molecular weight excluding hydrogens is 490 g/mol. The third kappa shape index (κ3) is 5.59. The van der Waals surface area contributed by atoms with Crippen LogP contribution in [0.15, 0.2) is 65.8 Å². The van der Waals surface area contributed by atoms with Crippen molar-refractivity contribution in [2.45, 2.75) is 6.61 Å². The van der Waals surface area contributed by atoms with Crippen molar-refractivity contribution in [1.29, 1.82) is 0 Å². The highest BCUT2D eigenvalue weighted by Gasteiger charge is 2.27. The Bertz CT molecular complexity index is 1350. The summed E-state index contributed by atoms with van der Waals surface area (Å²) in [6.07, 6.45) is 1.52. The summed E-state index contributed by atoms with van der Waals surface area (Å²) in [6, 6.07) is 17.2. The highest BCUT2D eigenvalue weighted by atomic mass is 35.5. The van der Waals surface area contributed by atoms with Crippen LogP contribution in [0.3, 0.4) is 0 Å². The van der Waals surface area contributed by atoms with Gasteiger partial charge in [0.25, 0.3) is 5.91 Å². The van der Waals surface area contributed by atoms with E-state index in [2.05, 4.69) is 16.0 Å². The van der Waals surface area contributed by atoms with Gasteiger partial charge in [-0.25, -0.2) is 9.78 Å². The van der Waals surface area contributed by atoms with E-state index in [9.17, 15) is 9.59 Å². The number of aromatic nitrogens is 1. The average molecular weight is 518 g/mol. The van der Waals surface area contributed by atoms with Crippen LogP contribution in [0.5, 0.6) is 0 Å². The largest absolute Gasteiger partial charge is 0.445 e. The molecule has 0 unspecified atom stereocenters. The second-order valence-electron chi connectivity index (χ2n) is 9.27. The van der Waals surface area contributed by atoms with Crippen LogP contribution in [-0.4, -0.2) is 79.3 Å². The minimum absolute atomic E-state index is 0.138. The fraction of sp³-hybridized carbons (Fsp3) is 0.286. The lowest BCUT2D eigenvalue weighted by molar-refractivity contribution is 0.0827. The van der Waals surface area contributed by atoms with Gasteiger partial charge in [-0.05, 0) is 29.3 Å². The van der Waals surface area contributed by atoms with Crippen LogP contribution >= 0.6 is 11.6 Å². The van der Waals surface area contributed by atoms with E-state index in [-0.39, 0.29) is 18.6 Å². The van der Waals surface area contributed by atoms with Crippen molar-refractivity contribution in [2.24, 2.45) is 4.99 Å². The van der Waals surface area contributed by atoms with E-state index in [1.54, 1.807) is 31.1 Å². The fourth-order valence-corrected chi connectivity index (χ4v) is 4.57. The number of halogens is 1. The van der Waals surface area contributed by atoms with E-state index >= 15 is 0 Å². The number of anilines is 1. The van der Waals surface area contributed by atoms with Gasteiger partial charge in [0.2, 0.25) is 0 Å². The molecule has 0 spiro atoms. The van der Waals surface area contributed by atoms with Gasteiger partial charge in [0, 0.05) is 57.6 Å². The molecule has 2 aliphatic heterocycles. The number of hydrogen-bond acceptors (Lipinski definition) is 6. The molecule has 2 amide bonds. The first-order valence-electron chi connectivity index (χ1n) is 12.2. The number of rotatable bonds is 6. The minimum atomic E-state index is -0.299. The third-order valence-electron chi connectivity index (χ3n) is 6.48. The van der Waals surface area contributed by atoms with Crippen molar-refractivity contribution in [3.63, 3.8) is 0 Å². The van der Waals surface area contributed by atoms with Crippen molar-refractivity contribution in [3.05, 3.63) is 82.5 Å². The van der Waals surface area contributed by atoms with Crippen LogP contribution in [0, 0.1) is 0 Å². The number of aliphatic imine (C=N–C) groups is 1. The Hall–Kier alpha value is -3.91. The quantitative estimate of drug-likeness (QED) is 0.485. The zero-order valence-electron chi connectivity index (χ0n) is 20.9. The molecule has 0 atom stereocenters. The standard InChI is InChI=1S/C28H28ClN5O3/c1-32(2)27(35)22-9-8-20(15-24(22)29)21-14-23(25-17-30-25)26(31-16-21)33-10-12-34(13-11-33)28(36)37-18-19-6-4-3-5-7-19/h3-9,14-16H,10-13,17-18H2,1-2H3. The average Bonchev–Trinajstić information content (AvgIpc) is 3.77. The summed E-state index contributed by atoms with van der Waals surface area (Å²) in [4.78, 5) is 39.5. The van der Waals surface area contributed by atoms with Crippen LogP contribution in [0.25, 0.3) is 11.1 Å². The normalized spacial score (nSPS) is 14.7. The zero-order valence-corrected chi connectivity index (χ0v) is 21.6. The SMILES string of the molecule is CN(C)C(=O)c1ccc(-c2cnc(N3CCN(C(=O)OCc4ccccc4)CC3)c(C3=NC3)c2)cc1Cl. The molecule has 3 heterocycles. The molecule has 5 rings (SSSR count). The number of carbonyl (C=O) groups excluding carboxylic acids is 2. The second kappa shape index (κ2) is 10.6. The van der Waals surface area contributed by atoms with Gasteiger partial charge in [-0.1, -0.05) is 48.0 Å². The molecule has 8 nitrogen and oxygen atoms in total. The first kappa shape index (κ1) is 24.8. The van der Waals surface area contributed by atoms with E-state index in [0.29, 0.717) is 43.3 Å². The van der Waals surface area contributed by atoms with Crippen molar-refractivity contribution >= 4 is 35.1 Å². The van der Waals surface area contributed by atoms with Crippen LogP contribution in [0.4, 0.5) is 10.6 Å². The van der Waals surface area contributed by atoms with E-state index in [0.717, 1.165) is 33.8 Å². The lowest BCUT2D eigenvalue weighted by atomic mass is 10.0. The Morgan fingerprint density at radius 2 is 1.73 bits per heavy atom. The summed E-state index contributed by atoms with van der Waals surface area (Å²) in [5.41, 5.74) is 5.22. The molecule has 1 aromatic heterocycles. The van der Waals surface area contributed by atoms with E-state index in [1.165, 1.54) is 4.90 Å². The number of benzene rings is 2. The fourth-order valence-electron chi connectivity index (χ4n) is 4.31. The Morgan fingerprint density at radius 3 is 2.38 bits per heavy atom. The Balaban J connectivity index is 1.27. The van der Waals surface area contributed by atoms with Gasteiger partial charge in [0.05, 0.1) is 22.8 Å². The van der Waals surface area contributed by atoms with E-state index in [4.69, 9.17) is 21.3 Å². The van der Waals surface area contributed by atoms with Gasteiger partial charge >= 0.3 is 6.09 Å². The van der Waals surface area contributed by atoms with E-state index < -0.39 is 0 Å². The van der Waals surface area contributed by atoms with Crippen LogP contribution < -0.4 is 4.90 Å². The highest BCUT2D eigenvalue weighted by Crippen LogP contribution is 2.31. The first-order valence-corrected chi connectivity index (χ1v) is 12.5. The molecule has 2 aromatic carbocycles. The molecule has 1 saturated heterocycles. The molecule has 37 heavy (non-hydrogen) atoms. The summed E-state index contributed by atoms with van der Waals surface area (Å²) in [6.45, 7) is 3.38. The molecule has 190 valence electrons. The number of pyridine rings is 1. The van der Waals surface area contributed by atoms with Crippen molar-refractivity contribution in [2.75, 3.05) is 51.7 Å². The maximum absolute atomic E-state index is 12.5. The number of amides is 2. The molecule has 0 bridgehead atoms. The molecule has 0 radical (unpaired) electrons. The van der Waals surface area contributed by atoms with Gasteiger partial charge in [0.1, 0.15) is 12.4 Å². The van der Waals surface area contributed by atoms with Crippen LogP contribution in [0.1, 0.15) is 21.5 Å². The van der Waals surface area contributed by atoms with Gasteiger partial charge in [-0.3, -0.25) is 9.79 Å². The molecule has 0 N–H and O–H groups in total. The maximum atomic E-state index is 12.5. The molecule has 1 fully saturated rings. The molecule has 9 heteroatoms. The van der Waals surface area contributed by atoms with Gasteiger partial charge in [-0.2, -0.15) is 0 Å². The van der Waals surface area contributed by atoms with Crippen LogP contribution in [-0.2, 0) is 11.3 Å². The van der Waals surface area contributed by atoms with Gasteiger partial charge in [0.15, 0.2) is 0 Å². The Kier molecular flexibility index (Phi) is 7.10. The summed E-state index contributed by atoms with van der Waals surface area (Å²) in [5.74, 6) is 0.726. The topological polar surface area (TPSA) is 78.3 Å². The predicted octanol–water partition coefficient (Wildman–Crippen LogP) is 4.37. The molecular formula is C28H28ClN5O3. The number of piperazine rings is 1. The maximum Gasteiger partial charge on any atom is 0.410 e. The van der Waals surface area contributed by atoms with Crippen LogP contribution in [0.2, 0.25) is 5.02 Å². The first-order chi connectivity index (χ1) is 17.9. The number of nitrogens with zero attached hydrogens (tertiary/aromatic N) is 5. The predicted molar refractivity (Wildman–Crippen MR) is 145 cm³/mol. The number of carbonyl (C=O) groups is 2. The second-order valence-corrected chi connectivity index (χ2v) is 9.67. The lowest BCUT2D eigenvalue weighted by Crippen LogP contribution is -2.49. The third-order valence-corrected chi connectivity index (χ3v) is 6.79. The number of hydrogen-bond donors (Lipinski definition) is 0. The van der Waals surface area contributed by atoms with Crippen molar-refractivity contribution in [1.82, 2.24) is 14.8 Å². The van der Waals surface area contributed by atoms with Gasteiger partial charge in [-0.15, -0.1) is 0 Å². The smallest absolute Gasteiger partial charge is 0.410 e. The van der Waals surface area contributed by atoms with Crippen molar-refractivity contribution in [3.8, 4) is 11.1 Å². The summed E-state index contributed by atoms with van der Waals surface area (Å²) < 4.78 is 5.49. The minimum Gasteiger partial charge on any atom is -0.445 e. The van der Waals surface area contributed by atoms with Crippen molar-refractivity contribution < 1.29 is 14.3 Å². The molecule has 3 aromatic rings. The Morgan fingerprint density at radius 1 is 1.00 bits per heavy atom. The zero-order chi connectivity index (χ0) is 25.9. The Labute approximate surface area is 221 Å².